The van der Waals surface area contributed by atoms with Crippen molar-refractivity contribution in [2.75, 3.05) is 0 Å². The molecule has 17 heavy (non-hydrogen) atoms. The van der Waals surface area contributed by atoms with E-state index in [-0.39, 0.29) is 22.7 Å². The van der Waals surface area contributed by atoms with Gasteiger partial charge in [-0.25, -0.2) is 0 Å². The summed E-state index contributed by atoms with van der Waals surface area (Å²) in [6, 6.07) is 0. The molecule has 2 unspecified atom stereocenters. The molecule has 0 radical (unpaired) electrons. The number of rotatable bonds is 2. The first-order valence-corrected chi connectivity index (χ1v) is 6.45. The molecule has 0 N–H and O–H groups in total. The molecule has 0 aromatic carbocycles. The molecule has 1 saturated heterocycles. The molecule has 2 rings (SSSR count). The van der Waals surface area contributed by atoms with E-state index in [2.05, 4.69) is 10.2 Å². The van der Waals surface area contributed by atoms with Crippen molar-refractivity contribution in [3.8, 4) is 0 Å². The van der Waals surface area contributed by atoms with Crippen LogP contribution >= 0.6 is 11.8 Å². The zero-order valence-corrected chi connectivity index (χ0v) is 11.2. The third kappa shape index (κ3) is 2.80. The van der Waals surface area contributed by atoms with Crippen molar-refractivity contribution < 1.29 is 13.9 Å². The Morgan fingerprint density at radius 1 is 1.35 bits per heavy atom. The van der Waals surface area contributed by atoms with E-state index >= 15 is 0 Å². The van der Waals surface area contributed by atoms with E-state index < -0.39 is 0 Å². The molecule has 1 aliphatic rings. The van der Waals surface area contributed by atoms with Crippen LogP contribution in [0.3, 0.4) is 0 Å². The second kappa shape index (κ2) is 4.33. The van der Waals surface area contributed by atoms with Crippen molar-refractivity contribution in [2.45, 2.75) is 56.1 Å². The number of thioether (sulfide) groups is 1. The number of hydrogen-bond acceptors (Lipinski definition) is 6. The van der Waals surface area contributed by atoms with Crippen LogP contribution < -0.4 is 0 Å². The van der Waals surface area contributed by atoms with Gasteiger partial charge in [0.05, 0.1) is 0 Å². The van der Waals surface area contributed by atoms with Crippen LogP contribution in [0.25, 0.3) is 0 Å². The highest BCUT2D eigenvalue weighted by Crippen LogP contribution is 2.32. The summed E-state index contributed by atoms with van der Waals surface area (Å²) in [5, 5.41) is 8.14. The average Bonchev–Trinajstić information content (AvgIpc) is 2.74. The predicted molar refractivity (Wildman–Crippen MR) is 62.8 cm³/mol. The number of aromatic nitrogens is 2. The Bertz CT molecular complexity index is 425. The molecule has 5 nitrogen and oxygen atoms in total. The van der Waals surface area contributed by atoms with E-state index in [4.69, 9.17) is 9.15 Å². The van der Waals surface area contributed by atoms with Crippen LogP contribution in [0.15, 0.2) is 9.64 Å². The molecule has 6 heteroatoms. The van der Waals surface area contributed by atoms with Gasteiger partial charge in [0.1, 0.15) is 11.4 Å². The highest BCUT2D eigenvalue weighted by molar-refractivity contribution is 8.00. The lowest BCUT2D eigenvalue weighted by atomic mass is 9.97. The Balaban J connectivity index is 2.05. The first-order valence-electron chi connectivity index (χ1n) is 5.57. The minimum absolute atomic E-state index is 0.0231. The Kier molecular flexibility index (Phi) is 3.16. The molecule has 1 aliphatic heterocycles. The maximum atomic E-state index is 11.5. The Labute approximate surface area is 104 Å². The summed E-state index contributed by atoms with van der Waals surface area (Å²) in [4.78, 5) is 11.5. The van der Waals surface area contributed by atoms with Gasteiger partial charge in [0.15, 0.2) is 0 Å². The molecular formula is C11H16N2O3S. The SMILES string of the molecule is CC1CC(Sc2nnc(C(C)(C)C)o2)C(=O)O1. The maximum absolute atomic E-state index is 11.5. The van der Waals surface area contributed by atoms with Crippen molar-refractivity contribution in [1.82, 2.24) is 10.2 Å². The van der Waals surface area contributed by atoms with E-state index in [0.29, 0.717) is 17.5 Å². The van der Waals surface area contributed by atoms with Crippen LogP contribution in [0.2, 0.25) is 0 Å². The topological polar surface area (TPSA) is 65.2 Å². The quantitative estimate of drug-likeness (QED) is 0.755. The lowest BCUT2D eigenvalue weighted by Crippen LogP contribution is -2.11. The fourth-order valence-corrected chi connectivity index (χ4v) is 2.48. The van der Waals surface area contributed by atoms with Gasteiger partial charge in [-0.15, -0.1) is 10.2 Å². The number of carbonyl (C=O) groups is 1. The van der Waals surface area contributed by atoms with E-state index in [1.165, 1.54) is 11.8 Å². The van der Waals surface area contributed by atoms with Crippen molar-refractivity contribution in [1.29, 1.82) is 0 Å². The minimum atomic E-state index is -0.224. The van der Waals surface area contributed by atoms with E-state index in [1.807, 2.05) is 27.7 Å². The van der Waals surface area contributed by atoms with E-state index in [0.717, 1.165) is 0 Å². The smallest absolute Gasteiger partial charge is 0.320 e. The molecule has 2 atom stereocenters. The Morgan fingerprint density at radius 2 is 2.06 bits per heavy atom. The minimum Gasteiger partial charge on any atom is -0.462 e. The second-order valence-corrected chi connectivity index (χ2v) is 6.37. The summed E-state index contributed by atoms with van der Waals surface area (Å²) in [5.41, 5.74) is -0.171. The molecule has 0 amide bonds. The molecule has 1 fully saturated rings. The van der Waals surface area contributed by atoms with Crippen LogP contribution in [0, 0.1) is 0 Å². The number of cyclic esters (lactones) is 1. The van der Waals surface area contributed by atoms with Gasteiger partial charge in [-0.3, -0.25) is 4.79 Å². The number of esters is 1. The normalized spacial score (nSPS) is 25.1. The third-order valence-electron chi connectivity index (χ3n) is 2.42. The molecular weight excluding hydrogens is 240 g/mol. The summed E-state index contributed by atoms with van der Waals surface area (Å²) in [6.07, 6.45) is 0.668. The van der Waals surface area contributed by atoms with Gasteiger partial charge in [-0.2, -0.15) is 0 Å². The first kappa shape index (κ1) is 12.4. The molecule has 0 bridgehead atoms. The van der Waals surface area contributed by atoms with Gasteiger partial charge in [-0.1, -0.05) is 20.8 Å². The fraction of sp³-hybridized carbons (Fsp3) is 0.727. The molecule has 1 aromatic heterocycles. The van der Waals surface area contributed by atoms with Crippen LogP contribution in [0.5, 0.6) is 0 Å². The zero-order chi connectivity index (χ0) is 12.6. The van der Waals surface area contributed by atoms with Crippen LogP contribution in [-0.4, -0.2) is 27.5 Å². The standard InChI is InChI=1S/C11H16N2O3S/c1-6-5-7(8(14)15-6)17-10-13-12-9(16-10)11(2,3)4/h6-7H,5H2,1-4H3. The molecule has 2 heterocycles. The summed E-state index contributed by atoms with van der Waals surface area (Å²) >= 11 is 1.29. The largest absolute Gasteiger partial charge is 0.462 e. The Hall–Kier alpha value is -1.04. The summed E-state index contributed by atoms with van der Waals surface area (Å²) < 4.78 is 10.6. The number of carbonyl (C=O) groups excluding carboxylic acids is 1. The van der Waals surface area contributed by atoms with Gasteiger partial charge in [-0.05, 0) is 18.7 Å². The Morgan fingerprint density at radius 3 is 2.53 bits per heavy atom. The van der Waals surface area contributed by atoms with E-state index in [1.54, 1.807) is 0 Å². The van der Waals surface area contributed by atoms with Gasteiger partial charge in [0, 0.05) is 11.8 Å². The molecule has 0 saturated carbocycles. The van der Waals surface area contributed by atoms with Crippen molar-refractivity contribution >= 4 is 17.7 Å². The highest BCUT2D eigenvalue weighted by Gasteiger charge is 2.34. The highest BCUT2D eigenvalue weighted by atomic mass is 32.2. The van der Waals surface area contributed by atoms with Crippen LogP contribution in [0.4, 0.5) is 0 Å². The molecule has 0 aliphatic carbocycles. The number of nitrogens with zero attached hydrogens (tertiary/aromatic N) is 2. The fourth-order valence-electron chi connectivity index (χ4n) is 1.50. The second-order valence-electron chi connectivity index (χ2n) is 5.21. The van der Waals surface area contributed by atoms with Crippen LogP contribution in [-0.2, 0) is 14.9 Å². The summed E-state index contributed by atoms with van der Waals surface area (Å²) in [7, 11) is 0. The summed E-state index contributed by atoms with van der Waals surface area (Å²) in [6.45, 7) is 7.88. The number of ether oxygens (including phenoxy) is 1. The lowest BCUT2D eigenvalue weighted by Gasteiger charge is -2.10. The molecule has 1 aromatic rings. The molecule has 0 spiro atoms. The number of hydrogen-bond donors (Lipinski definition) is 0. The first-order chi connectivity index (χ1) is 7.86. The summed E-state index contributed by atoms with van der Waals surface area (Å²) in [5.74, 6) is 0.387. The lowest BCUT2D eigenvalue weighted by molar-refractivity contribution is -0.140. The van der Waals surface area contributed by atoms with Crippen LogP contribution in [0.1, 0.15) is 40.0 Å². The zero-order valence-electron chi connectivity index (χ0n) is 10.4. The van der Waals surface area contributed by atoms with E-state index in [9.17, 15) is 4.79 Å². The average molecular weight is 256 g/mol. The van der Waals surface area contributed by atoms with Crippen molar-refractivity contribution in [3.05, 3.63) is 5.89 Å². The van der Waals surface area contributed by atoms with Crippen molar-refractivity contribution in [2.24, 2.45) is 0 Å². The van der Waals surface area contributed by atoms with Crippen molar-refractivity contribution in [3.63, 3.8) is 0 Å². The predicted octanol–water partition coefficient (Wildman–Crippen LogP) is 2.16. The van der Waals surface area contributed by atoms with Gasteiger partial charge in [0.2, 0.25) is 5.89 Å². The monoisotopic (exact) mass is 256 g/mol. The molecule has 94 valence electrons. The van der Waals surface area contributed by atoms with Gasteiger partial charge >= 0.3 is 5.97 Å². The van der Waals surface area contributed by atoms with Gasteiger partial charge in [0.25, 0.3) is 5.22 Å². The van der Waals surface area contributed by atoms with Gasteiger partial charge < -0.3 is 9.15 Å². The maximum Gasteiger partial charge on any atom is 0.320 e. The third-order valence-corrected chi connectivity index (χ3v) is 3.45.